The van der Waals surface area contributed by atoms with E-state index >= 15 is 0 Å². The lowest BCUT2D eigenvalue weighted by atomic mass is 10.0. The Morgan fingerprint density at radius 2 is 0.676 bits per heavy atom. The highest BCUT2D eigenvalue weighted by molar-refractivity contribution is 5.76. The molecule has 0 fully saturated rings. The highest BCUT2D eigenvalue weighted by Gasteiger charge is 2.20. The van der Waals surface area contributed by atoms with Gasteiger partial charge in [0.2, 0.25) is 5.91 Å². The van der Waals surface area contributed by atoms with Crippen LogP contribution in [0.2, 0.25) is 0 Å². The summed E-state index contributed by atoms with van der Waals surface area (Å²) in [6, 6.07) is -0.538. The fraction of sp³-hybridized carbons (Fsp3) is 0.912. The number of carbonyl (C=O) groups is 2. The van der Waals surface area contributed by atoms with Gasteiger partial charge in [-0.05, 0) is 57.8 Å². The first kappa shape index (κ1) is 72.3. The standard InChI is InChI=1S/C68H131NO5/c1-3-5-7-9-11-13-15-17-18-34-38-42-46-50-54-58-62-68(73)74-63-59-55-51-47-43-39-35-32-30-28-26-24-22-20-19-21-23-25-27-29-31-33-37-41-45-49-53-57-61-67(72)69-65(64-70)66(71)60-56-52-48-44-40-36-16-14-12-10-8-6-4-2/h13,15,18,34,65-66,70-71H,3-12,14,16-17,19-33,35-64H2,1-2H3,(H,69,72)/b15-13-,34-18-. The molecule has 0 aliphatic heterocycles. The van der Waals surface area contributed by atoms with Crippen molar-refractivity contribution >= 4 is 11.9 Å². The number of amides is 1. The predicted molar refractivity (Wildman–Crippen MR) is 324 cm³/mol. The molecule has 0 aromatic heterocycles. The third-order valence-corrected chi connectivity index (χ3v) is 15.8. The van der Waals surface area contributed by atoms with Gasteiger partial charge >= 0.3 is 5.97 Å². The van der Waals surface area contributed by atoms with E-state index in [0.717, 1.165) is 51.4 Å². The minimum atomic E-state index is -0.661. The van der Waals surface area contributed by atoms with E-state index in [2.05, 4.69) is 43.5 Å². The normalized spacial score (nSPS) is 12.6. The van der Waals surface area contributed by atoms with Crippen LogP contribution < -0.4 is 5.32 Å². The van der Waals surface area contributed by atoms with Crippen molar-refractivity contribution in [3.63, 3.8) is 0 Å². The number of esters is 1. The van der Waals surface area contributed by atoms with Gasteiger partial charge in [0.15, 0.2) is 0 Å². The Bertz CT molecular complexity index is 1150. The molecule has 0 radical (unpaired) electrons. The second-order valence-corrected chi connectivity index (χ2v) is 23.2. The Hall–Kier alpha value is -1.66. The summed E-state index contributed by atoms with van der Waals surface area (Å²) >= 11 is 0. The van der Waals surface area contributed by atoms with Crippen LogP contribution in [0, 0.1) is 0 Å². The zero-order valence-corrected chi connectivity index (χ0v) is 50.1. The molecule has 0 aliphatic rings. The van der Waals surface area contributed by atoms with Gasteiger partial charge in [-0.3, -0.25) is 9.59 Å². The van der Waals surface area contributed by atoms with Gasteiger partial charge in [-0.15, -0.1) is 0 Å². The van der Waals surface area contributed by atoms with Gasteiger partial charge in [-0.1, -0.05) is 327 Å². The second-order valence-electron chi connectivity index (χ2n) is 23.2. The molecule has 0 aromatic carbocycles. The van der Waals surface area contributed by atoms with Crippen molar-refractivity contribution in [3.8, 4) is 0 Å². The molecular weight excluding hydrogens is 911 g/mol. The molecule has 0 saturated carbocycles. The summed E-state index contributed by atoms with van der Waals surface area (Å²) in [6.45, 7) is 4.95. The van der Waals surface area contributed by atoms with Crippen LogP contribution >= 0.6 is 0 Å². The van der Waals surface area contributed by atoms with Gasteiger partial charge in [0.05, 0.1) is 25.4 Å². The van der Waals surface area contributed by atoms with Gasteiger partial charge in [0.1, 0.15) is 0 Å². The van der Waals surface area contributed by atoms with Gasteiger partial charge in [-0.2, -0.15) is 0 Å². The molecule has 0 rings (SSSR count). The van der Waals surface area contributed by atoms with Gasteiger partial charge < -0.3 is 20.3 Å². The number of hydrogen-bond donors (Lipinski definition) is 3. The first-order valence-electron chi connectivity index (χ1n) is 33.6. The summed E-state index contributed by atoms with van der Waals surface area (Å²) < 4.78 is 5.49. The SMILES string of the molecule is CCCCCC/C=C\C/C=C\CCCCCCCC(=O)OCCCCCCCCCCCCCCCCCCCCCCCCCCCCCCC(=O)NC(CO)C(O)CCCCCCCCCCCCCCC. The monoisotopic (exact) mass is 1040 g/mol. The first-order chi connectivity index (χ1) is 36.5. The number of ether oxygens (including phenoxy) is 1. The van der Waals surface area contributed by atoms with E-state index in [9.17, 15) is 19.8 Å². The summed E-state index contributed by atoms with van der Waals surface area (Å²) in [5, 5.41) is 23.3. The number of rotatable bonds is 63. The lowest BCUT2D eigenvalue weighted by Crippen LogP contribution is -2.45. The van der Waals surface area contributed by atoms with Crippen LogP contribution in [0.4, 0.5) is 0 Å². The predicted octanol–water partition coefficient (Wildman–Crippen LogP) is 21.4. The van der Waals surface area contributed by atoms with Gasteiger partial charge in [0, 0.05) is 12.8 Å². The molecule has 1 amide bonds. The number of allylic oxidation sites excluding steroid dienone is 4. The van der Waals surface area contributed by atoms with Crippen LogP contribution in [0.25, 0.3) is 0 Å². The van der Waals surface area contributed by atoms with E-state index in [1.54, 1.807) is 0 Å². The minimum absolute atomic E-state index is 0.00578. The number of aliphatic hydroxyl groups is 2. The molecule has 0 aliphatic carbocycles. The van der Waals surface area contributed by atoms with Crippen molar-refractivity contribution in [3.05, 3.63) is 24.3 Å². The Balaban J connectivity index is 3.33. The van der Waals surface area contributed by atoms with E-state index in [4.69, 9.17) is 4.74 Å². The minimum Gasteiger partial charge on any atom is -0.466 e. The summed E-state index contributed by atoms with van der Waals surface area (Å²) in [4.78, 5) is 24.6. The lowest BCUT2D eigenvalue weighted by Gasteiger charge is -2.22. The maximum atomic E-state index is 12.5. The smallest absolute Gasteiger partial charge is 0.305 e. The van der Waals surface area contributed by atoms with Gasteiger partial charge in [0.25, 0.3) is 0 Å². The molecule has 6 heteroatoms. The molecule has 0 heterocycles. The molecule has 2 atom stereocenters. The molecule has 0 bridgehead atoms. The van der Waals surface area contributed by atoms with Crippen LogP contribution in [0.15, 0.2) is 24.3 Å². The molecule has 0 aromatic rings. The van der Waals surface area contributed by atoms with Crippen LogP contribution in [0.3, 0.4) is 0 Å². The Labute approximate surface area is 462 Å². The summed E-state index contributed by atoms with van der Waals surface area (Å²) in [5.74, 6) is -0.0244. The lowest BCUT2D eigenvalue weighted by molar-refractivity contribution is -0.143. The van der Waals surface area contributed by atoms with Crippen LogP contribution in [-0.2, 0) is 14.3 Å². The molecule has 74 heavy (non-hydrogen) atoms. The van der Waals surface area contributed by atoms with Crippen LogP contribution in [0.5, 0.6) is 0 Å². The maximum absolute atomic E-state index is 12.5. The molecule has 2 unspecified atom stereocenters. The third-order valence-electron chi connectivity index (χ3n) is 15.8. The van der Waals surface area contributed by atoms with Crippen LogP contribution in [0.1, 0.15) is 373 Å². The quantitative estimate of drug-likeness (QED) is 0.0320. The van der Waals surface area contributed by atoms with Crippen LogP contribution in [-0.4, -0.2) is 47.4 Å². The number of aliphatic hydroxyl groups excluding tert-OH is 2. The van der Waals surface area contributed by atoms with Crippen molar-refractivity contribution in [2.75, 3.05) is 13.2 Å². The van der Waals surface area contributed by atoms with E-state index in [1.165, 1.54) is 289 Å². The third kappa shape index (κ3) is 59.6. The zero-order chi connectivity index (χ0) is 53.6. The van der Waals surface area contributed by atoms with Crippen molar-refractivity contribution < 1.29 is 24.5 Å². The number of hydrogen-bond acceptors (Lipinski definition) is 5. The Kier molecular flexibility index (Phi) is 62.4. The summed E-state index contributed by atoms with van der Waals surface area (Å²) in [5.41, 5.74) is 0. The summed E-state index contributed by atoms with van der Waals surface area (Å²) in [7, 11) is 0. The van der Waals surface area contributed by atoms with E-state index in [-0.39, 0.29) is 18.5 Å². The number of nitrogens with one attached hydrogen (secondary N) is 1. The maximum Gasteiger partial charge on any atom is 0.305 e. The molecule has 0 spiro atoms. The average Bonchev–Trinajstić information content (AvgIpc) is 3.40. The van der Waals surface area contributed by atoms with E-state index < -0.39 is 12.1 Å². The highest BCUT2D eigenvalue weighted by atomic mass is 16.5. The van der Waals surface area contributed by atoms with Crippen molar-refractivity contribution in [2.24, 2.45) is 0 Å². The topological polar surface area (TPSA) is 95.9 Å². The van der Waals surface area contributed by atoms with Crippen molar-refractivity contribution in [1.82, 2.24) is 5.32 Å². The molecular formula is C68H131NO5. The zero-order valence-electron chi connectivity index (χ0n) is 50.1. The average molecular weight is 1040 g/mol. The number of carbonyl (C=O) groups excluding carboxylic acids is 2. The van der Waals surface area contributed by atoms with E-state index in [1.807, 2.05) is 0 Å². The Morgan fingerprint density at radius 1 is 0.378 bits per heavy atom. The molecule has 438 valence electrons. The molecule has 6 nitrogen and oxygen atoms in total. The fourth-order valence-corrected chi connectivity index (χ4v) is 10.6. The van der Waals surface area contributed by atoms with Crippen molar-refractivity contribution in [2.45, 2.75) is 386 Å². The van der Waals surface area contributed by atoms with Gasteiger partial charge in [-0.25, -0.2) is 0 Å². The largest absolute Gasteiger partial charge is 0.466 e. The fourth-order valence-electron chi connectivity index (χ4n) is 10.6. The van der Waals surface area contributed by atoms with Crippen molar-refractivity contribution in [1.29, 1.82) is 0 Å². The molecule has 0 saturated heterocycles. The Morgan fingerprint density at radius 3 is 1.04 bits per heavy atom. The number of unbranched alkanes of at least 4 members (excludes halogenated alkanes) is 48. The van der Waals surface area contributed by atoms with E-state index in [0.29, 0.717) is 25.9 Å². The summed E-state index contributed by atoms with van der Waals surface area (Å²) in [6.07, 6.45) is 79.3. The highest BCUT2D eigenvalue weighted by Crippen LogP contribution is 2.19. The molecule has 3 N–H and O–H groups in total. The second kappa shape index (κ2) is 63.9. The first-order valence-corrected chi connectivity index (χ1v) is 33.6.